The van der Waals surface area contributed by atoms with Gasteiger partial charge in [-0.2, -0.15) is 0 Å². The van der Waals surface area contributed by atoms with Gasteiger partial charge in [0.1, 0.15) is 0 Å². The summed E-state index contributed by atoms with van der Waals surface area (Å²) in [4.78, 5) is 2.45. The molecule has 0 aliphatic heterocycles. The highest BCUT2D eigenvalue weighted by atomic mass is 16.5. The summed E-state index contributed by atoms with van der Waals surface area (Å²) >= 11 is 0. The van der Waals surface area contributed by atoms with Gasteiger partial charge in [0, 0.05) is 25.7 Å². The van der Waals surface area contributed by atoms with E-state index < -0.39 is 0 Å². The number of ether oxygens (including phenoxy) is 1. The Morgan fingerprint density at radius 1 is 1.39 bits per heavy atom. The first-order chi connectivity index (χ1) is 8.58. The zero-order valence-electron chi connectivity index (χ0n) is 12.9. The molecule has 0 heterocycles. The SMILES string of the molecule is CCNC1CCC(C)CC1CN(C)C(C)COC. The summed E-state index contributed by atoms with van der Waals surface area (Å²) in [5, 5.41) is 3.67. The number of nitrogens with zero attached hydrogens (tertiary/aromatic N) is 1. The Bertz CT molecular complexity index is 223. The van der Waals surface area contributed by atoms with Gasteiger partial charge in [-0.1, -0.05) is 13.8 Å². The number of likely N-dealkylation sites (N-methyl/N-ethyl adjacent to an activating group) is 1. The molecule has 0 bridgehead atoms. The van der Waals surface area contributed by atoms with E-state index in [2.05, 4.69) is 38.0 Å². The Kier molecular flexibility index (Phi) is 7.20. The zero-order chi connectivity index (χ0) is 13.5. The summed E-state index contributed by atoms with van der Waals surface area (Å²) in [6.07, 6.45) is 4.08. The van der Waals surface area contributed by atoms with Gasteiger partial charge in [-0.15, -0.1) is 0 Å². The second kappa shape index (κ2) is 8.13. The minimum Gasteiger partial charge on any atom is -0.383 e. The van der Waals surface area contributed by atoms with Crippen LogP contribution in [0.2, 0.25) is 0 Å². The lowest BCUT2D eigenvalue weighted by Crippen LogP contribution is -2.47. The van der Waals surface area contributed by atoms with Crippen molar-refractivity contribution in [1.29, 1.82) is 0 Å². The van der Waals surface area contributed by atoms with Gasteiger partial charge in [-0.3, -0.25) is 0 Å². The summed E-state index contributed by atoms with van der Waals surface area (Å²) in [7, 11) is 4.01. The molecule has 1 N–H and O–H groups in total. The molecule has 0 radical (unpaired) electrons. The molecule has 4 unspecified atom stereocenters. The molecule has 1 rings (SSSR count). The molecule has 3 nitrogen and oxygen atoms in total. The Balaban J connectivity index is 2.48. The van der Waals surface area contributed by atoms with E-state index in [1.54, 1.807) is 7.11 Å². The third-order valence-corrected chi connectivity index (χ3v) is 4.39. The van der Waals surface area contributed by atoms with Crippen LogP contribution in [-0.4, -0.2) is 50.8 Å². The third-order valence-electron chi connectivity index (χ3n) is 4.39. The molecule has 0 aromatic rings. The van der Waals surface area contributed by atoms with Crippen molar-refractivity contribution in [2.24, 2.45) is 11.8 Å². The summed E-state index contributed by atoms with van der Waals surface area (Å²) in [6, 6.07) is 1.22. The van der Waals surface area contributed by atoms with Crippen molar-refractivity contribution >= 4 is 0 Å². The van der Waals surface area contributed by atoms with E-state index in [-0.39, 0.29) is 0 Å². The van der Waals surface area contributed by atoms with Crippen molar-refractivity contribution in [3.63, 3.8) is 0 Å². The maximum absolute atomic E-state index is 5.25. The van der Waals surface area contributed by atoms with E-state index in [1.165, 1.54) is 25.8 Å². The lowest BCUT2D eigenvalue weighted by molar-refractivity contribution is 0.0864. The quantitative estimate of drug-likeness (QED) is 0.757. The third kappa shape index (κ3) is 4.87. The highest BCUT2D eigenvalue weighted by Gasteiger charge is 2.29. The van der Waals surface area contributed by atoms with Gasteiger partial charge in [0.25, 0.3) is 0 Å². The average Bonchev–Trinajstić information content (AvgIpc) is 2.33. The summed E-state index contributed by atoms with van der Waals surface area (Å²) in [6.45, 7) is 9.96. The van der Waals surface area contributed by atoms with Gasteiger partial charge >= 0.3 is 0 Å². The minimum atomic E-state index is 0.509. The zero-order valence-corrected chi connectivity index (χ0v) is 12.9. The topological polar surface area (TPSA) is 24.5 Å². The van der Waals surface area contributed by atoms with E-state index in [9.17, 15) is 0 Å². The fourth-order valence-electron chi connectivity index (χ4n) is 3.15. The fraction of sp³-hybridized carbons (Fsp3) is 1.00. The van der Waals surface area contributed by atoms with Gasteiger partial charge in [-0.25, -0.2) is 0 Å². The molecule has 3 heteroatoms. The van der Waals surface area contributed by atoms with Gasteiger partial charge in [0.15, 0.2) is 0 Å². The number of methoxy groups -OCH3 is 1. The highest BCUT2D eigenvalue weighted by Crippen LogP contribution is 2.29. The predicted molar refractivity (Wildman–Crippen MR) is 77.9 cm³/mol. The number of rotatable bonds is 7. The molecule has 1 saturated carbocycles. The molecule has 1 aliphatic carbocycles. The second-order valence-electron chi connectivity index (χ2n) is 6.09. The molecule has 0 aromatic carbocycles. The molecule has 4 atom stereocenters. The van der Waals surface area contributed by atoms with Crippen LogP contribution in [0, 0.1) is 11.8 Å². The molecular formula is C15H32N2O. The highest BCUT2D eigenvalue weighted by molar-refractivity contribution is 4.85. The first-order valence-corrected chi connectivity index (χ1v) is 7.51. The molecule has 0 aromatic heterocycles. The fourth-order valence-corrected chi connectivity index (χ4v) is 3.15. The lowest BCUT2D eigenvalue weighted by Gasteiger charge is -2.39. The standard InChI is InChI=1S/C15H32N2O/c1-6-16-15-8-7-12(2)9-14(15)10-17(4)13(3)11-18-5/h12-16H,6-11H2,1-5H3. The summed E-state index contributed by atoms with van der Waals surface area (Å²) < 4.78 is 5.25. The van der Waals surface area contributed by atoms with Crippen molar-refractivity contribution in [2.75, 3.05) is 33.9 Å². The second-order valence-corrected chi connectivity index (χ2v) is 6.09. The smallest absolute Gasteiger partial charge is 0.0615 e. The minimum absolute atomic E-state index is 0.509. The molecule has 18 heavy (non-hydrogen) atoms. The molecular weight excluding hydrogens is 224 g/mol. The van der Waals surface area contributed by atoms with E-state index in [4.69, 9.17) is 4.74 Å². The molecule has 1 aliphatic rings. The van der Waals surface area contributed by atoms with Crippen molar-refractivity contribution in [3.8, 4) is 0 Å². The van der Waals surface area contributed by atoms with E-state index in [1.807, 2.05) is 0 Å². The van der Waals surface area contributed by atoms with Crippen LogP contribution in [-0.2, 0) is 4.74 Å². The van der Waals surface area contributed by atoms with Gasteiger partial charge in [0.05, 0.1) is 6.61 Å². The Morgan fingerprint density at radius 3 is 2.72 bits per heavy atom. The molecule has 108 valence electrons. The Labute approximate surface area is 113 Å². The number of hydrogen-bond acceptors (Lipinski definition) is 3. The van der Waals surface area contributed by atoms with Crippen molar-refractivity contribution < 1.29 is 4.74 Å². The number of nitrogens with one attached hydrogen (secondary N) is 1. The van der Waals surface area contributed by atoms with Crippen LogP contribution in [0.3, 0.4) is 0 Å². The maximum atomic E-state index is 5.25. The Morgan fingerprint density at radius 2 is 2.11 bits per heavy atom. The number of hydrogen-bond donors (Lipinski definition) is 1. The molecule has 0 spiro atoms. The van der Waals surface area contributed by atoms with Gasteiger partial charge in [-0.05, 0) is 51.6 Å². The largest absolute Gasteiger partial charge is 0.383 e. The van der Waals surface area contributed by atoms with Crippen LogP contribution in [0.25, 0.3) is 0 Å². The van der Waals surface area contributed by atoms with Crippen molar-refractivity contribution in [3.05, 3.63) is 0 Å². The van der Waals surface area contributed by atoms with Crippen molar-refractivity contribution in [2.45, 2.75) is 52.1 Å². The predicted octanol–water partition coefficient (Wildman–Crippen LogP) is 2.37. The van der Waals surface area contributed by atoms with E-state index in [0.29, 0.717) is 12.1 Å². The van der Waals surface area contributed by atoms with Crippen LogP contribution >= 0.6 is 0 Å². The molecule has 1 fully saturated rings. The lowest BCUT2D eigenvalue weighted by atomic mass is 9.78. The van der Waals surface area contributed by atoms with E-state index >= 15 is 0 Å². The Hall–Kier alpha value is -0.120. The van der Waals surface area contributed by atoms with Crippen LogP contribution in [0.5, 0.6) is 0 Å². The van der Waals surface area contributed by atoms with Gasteiger partial charge in [0.2, 0.25) is 0 Å². The van der Waals surface area contributed by atoms with E-state index in [0.717, 1.165) is 25.0 Å². The molecule has 0 amide bonds. The van der Waals surface area contributed by atoms with Gasteiger partial charge < -0.3 is 15.0 Å². The van der Waals surface area contributed by atoms with Crippen LogP contribution in [0.15, 0.2) is 0 Å². The molecule has 0 saturated heterocycles. The van der Waals surface area contributed by atoms with Crippen LogP contribution in [0.4, 0.5) is 0 Å². The maximum Gasteiger partial charge on any atom is 0.0615 e. The first-order valence-electron chi connectivity index (χ1n) is 7.51. The monoisotopic (exact) mass is 256 g/mol. The summed E-state index contributed by atoms with van der Waals surface area (Å²) in [5.41, 5.74) is 0. The summed E-state index contributed by atoms with van der Waals surface area (Å²) in [5.74, 6) is 1.68. The normalized spacial score (nSPS) is 30.7. The van der Waals surface area contributed by atoms with Crippen molar-refractivity contribution in [1.82, 2.24) is 10.2 Å². The van der Waals surface area contributed by atoms with Crippen LogP contribution < -0.4 is 5.32 Å². The van der Waals surface area contributed by atoms with Crippen LogP contribution in [0.1, 0.15) is 40.0 Å². The first kappa shape index (κ1) is 15.9. The average molecular weight is 256 g/mol.